The Bertz CT molecular complexity index is 619. The van der Waals surface area contributed by atoms with E-state index in [2.05, 4.69) is 29.2 Å². The van der Waals surface area contributed by atoms with Gasteiger partial charge >= 0.3 is 0 Å². The third-order valence-corrected chi connectivity index (χ3v) is 7.55. The molecule has 0 unspecified atom stereocenters. The number of aryl methyl sites for hydroxylation is 1. The molecule has 1 aliphatic carbocycles. The molecule has 1 aromatic rings. The Balaban J connectivity index is 1.89. The van der Waals surface area contributed by atoms with Crippen LogP contribution in [0.1, 0.15) is 30.4 Å². The van der Waals surface area contributed by atoms with E-state index in [0.717, 1.165) is 25.9 Å². The lowest BCUT2D eigenvalue weighted by atomic mass is 9.75. The Morgan fingerprint density at radius 1 is 1.16 bits per heavy atom. The molecule has 0 radical (unpaired) electrons. The second-order valence-corrected chi connectivity index (χ2v) is 8.29. The van der Waals surface area contributed by atoms with Gasteiger partial charge in [0.2, 0.25) is 0 Å². The molecule has 1 aromatic carbocycles. The van der Waals surface area contributed by atoms with Crippen molar-refractivity contribution in [2.75, 3.05) is 18.8 Å². The van der Waals surface area contributed by atoms with Gasteiger partial charge in [0, 0.05) is 0 Å². The summed E-state index contributed by atoms with van der Waals surface area (Å²) in [6, 6.07) is 8.47. The van der Waals surface area contributed by atoms with Crippen molar-refractivity contribution in [2.45, 2.75) is 36.5 Å². The van der Waals surface area contributed by atoms with Gasteiger partial charge in [0.25, 0.3) is 0 Å². The first-order valence-electron chi connectivity index (χ1n) is 7.20. The lowest BCUT2D eigenvalue weighted by Gasteiger charge is -2.57. The molecule has 2 saturated heterocycles. The van der Waals surface area contributed by atoms with Crippen molar-refractivity contribution < 1.29 is 8.42 Å². The molecule has 0 bridgehead atoms. The first kappa shape index (κ1) is 11.9. The number of rotatable bonds is 1. The zero-order valence-corrected chi connectivity index (χ0v) is 11.8. The van der Waals surface area contributed by atoms with Crippen molar-refractivity contribution in [1.82, 2.24) is 4.90 Å². The quantitative estimate of drug-likeness (QED) is 0.784. The molecular weight excluding hydrogens is 258 g/mol. The molecule has 19 heavy (non-hydrogen) atoms. The van der Waals surface area contributed by atoms with Crippen molar-refractivity contribution in [2.24, 2.45) is 0 Å². The summed E-state index contributed by atoms with van der Waals surface area (Å²) in [5.74, 6) is 0.335. The van der Waals surface area contributed by atoms with Crippen LogP contribution in [0.3, 0.4) is 0 Å². The maximum Gasteiger partial charge on any atom is 0.157 e. The molecule has 0 N–H and O–H groups in total. The third kappa shape index (κ3) is 1.44. The summed E-state index contributed by atoms with van der Waals surface area (Å²) in [5, 5.41) is -0.159. The van der Waals surface area contributed by atoms with Gasteiger partial charge in [-0.25, -0.2) is 8.42 Å². The number of benzene rings is 1. The van der Waals surface area contributed by atoms with Gasteiger partial charge in [0.1, 0.15) is 0 Å². The van der Waals surface area contributed by atoms with E-state index < -0.39 is 9.84 Å². The summed E-state index contributed by atoms with van der Waals surface area (Å²) in [6.45, 7) is 2.11. The van der Waals surface area contributed by atoms with E-state index in [0.29, 0.717) is 5.75 Å². The number of fused-ring (bicyclic) bond motifs is 3. The van der Waals surface area contributed by atoms with Gasteiger partial charge in [0.05, 0.1) is 16.5 Å². The molecule has 2 aliphatic heterocycles. The molecule has 2 atom stereocenters. The molecule has 2 heterocycles. The van der Waals surface area contributed by atoms with E-state index >= 15 is 0 Å². The van der Waals surface area contributed by atoms with E-state index in [9.17, 15) is 8.42 Å². The molecule has 0 spiro atoms. The predicted molar refractivity (Wildman–Crippen MR) is 74.8 cm³/mol. The SMILES string of the molecule is O=S1(=O)C[C@@]2(N3CCCC3)c3ccccc3CC[C@@H]21. The summed E-state index contributed by atoms with van der Waals surface area (Å²) in [7, 11) is -2.86. The maximum absolute atomic E-state index is 12.2. The van der Waals surface area contributed by atoms with E-state index in [4.69, 9.17) is 0 Å². The molecule has 0 saturated carbocycles. The standard InChI is InChI=1S/C15H19NO2S/c17-19(18)11-15(16-9-3-4-10-16)13-6-2-1-5-12(13)7-8-14(15)19/h1-2,5-6,14H,3-4,7-11H2/t14-,15+/m0/s1. The molecule has 102 valence electrons. The molecule has 3 nitrogen and oxygen atoms in total. The van der Waals surface area contributed by atoms with Crippen LogP contribution in [-0.4, -0.2) is 37.4 Å². The molecule has 3 aliphatic rings. The van der Waals surface area contributed by atoms with Crippen LogP contribution in [0.5, 0.6) is 0 Å². The van der Waals surface area contributed by atoms with Gasteiger partial charge in [-0.3, -0.25) is 4.90 Å². The topological polar surface area (TPSA) is 37.4 Å². The Labute approximate surface area is 114 Å². The average molecular weight is 277 g/mol. The predicted octanol–water partition coefficient (Wildman–Crippen LogP) is 1.72. The highest BCUT2D eigenvalue weighted by Gasteiger charge is 2.63. The Morgan fingerprint density at radius 3 is 2.63 bits per heavy atom. The van der Waals surface area contributed by atoms with Crippen molar-refractivity contribution >= 4 is 9.84 Å². The monoisotopic (exact) mass is 277 g/mol. The molecule has 0 amide bonds. The molecule has 0 aromatic heterocycles. The molecular formula is C15H19NO2S. The van der Waals surface area contributed by atoms with Gasteiger partial charge in [0.15, 0.2) is 9.84 Å². The minimum Gasteiger partial charge on any atom is -0.292 e. The largest absolute Gasteiger partial charge is 0.292 e. The lowest BCUT2D eigenvalue weighted by molar-refractivity contribution is 0.0990. The van der Waals surface area contributed by atoms with Crippen molar-refractivity contribution in [3.8, 4) is 0 Å². The highest BCUT2D eigenvalue weighted by molar-refractivity contribution is 7.93. The molecule has 4 rings (SSSR count). The fourth-order valence-corrected chi connectivity index (χ4v) is 6.88. The fourth-order valence-electron chi connectivity index (χ4n) is 4.40. The van der Waals surface area contributed by atoms with Gasteiger partial charge in [-0.05, 0) is 49.9 Å². The third-order valence-electron chi connectivity index (χ3n) is 5.22. The van der Waals surface area contributed by atoms with Crippen LogP contribution in [0.2, 0.25) is 0 Å². The van der Waals surface area contributed by atoms with Gasteiger partial charge in [-0.2, -0.15) is 0 Å². The molecule has 4 heteroatoms. The van der Waals surface area contributed by atoms with E-state index in [1.807, 2.05) is 0 Å². The Kier molecular flexibility index (Phi) is 2.40. The maximum atomic E-state index is 12.2. The smallest absolute Gasteiger partial charge is 0.157 e. The van der Waals surface area contributed by atoms with Crippen LogP contribution >= 0.6 is 0 Å². The minimum absolute atomic E-state index is 0.159. The minimum atomic E-state index is -2.86. The summed E-state index contributed by atoms with van der Waals surface area (Å²) in [5.41, 5.74) is 2.47. The zero-order chi connectivity index (χ0) is 13.1. The zero-order valence-electron chi connectivity index (χ0n) is 11.0. The molecule has 2 fully saturated rings. The fraction of sp³-hybridized carbons (Fsp3) is 0.600. The van der Waals surface area contributed by atoms with Gasteiger partial charge < -0.3 is 0 Å². The average Bonchev–Trinajstić information content (AvgIpc) is 2.91. The summed E-state index contributed by atoms with van der Waals surface area (Å²) in [4.78, 5) is 2.46. The highest BCUT2D eigenvalue weighted by Crippen LogP contribution is 2.52. The summed E-state index contributed by atoms with van der Waals surface area (Å²) in [6.07, 6.45) is 4.12. The lowest BCUT2D eigenvalue weighted by Crippen LogP contribution is -2.70. The number of hydrogen-bond acceptors (Lipinski definition) is 3. The van der Waals surface area contributed by atoms with Crippen molar-refractivity contribution in [3.05, 3.63) is 35.4 Å². The van der Waals surface area contributed by atoms with Crippen LogP contribution in [0.15, 0.2) is 24.3 Å². The van der Waals surface area contributed by atoms with Crippen LogP contribution in [0, 0.1) is 0 Å². The van der Waals surface area contributed by atoms with Crippen LogP contribution in [0.4, 0.5) is 0 Å². The van der Waals surface area contributed by atoms with Gasteiger partial charge in [-0.15, -0.1) is 0 Å². The van der Waals surface area contributed by atoms with Crippen LogP contribution < -0.4 is 0 Å². The number of sulfone groups is 1. The summed E-state index contributed by atoms with van der Waals surface area (Å²) >= 11 is 0. The Hall–Kier alpha value is -0.870. The second kappa shape index (κ2) is 3.83. The van der Waals surface area contributed by atoms with Crippen molar-refractivity contribution in [1.29, 1.82) is 0 Å². The van der Waals surface area contributed by atoms with E-state index in [1.165, 1.54) is 24.0 Å². The number of hydrogen-bond donors (Lipinski definition) is 0. The number of nitrogens with zero attached hydrogens (tertiary/aromatic N) is 1. The van der Waals surface area contributed by atoms with Crippen LogP contribution in [0.25, 0.3) is 0 Å². The van der Waals surface area contributed by atoms with Crippen LogP contribution in [-0.2, 0) is 21.8 Å². The van der Waals surface area contributed by atoms with E-state index in [-0.39, 0.29) is 10.8 Å². The normalized spacial score (nSPS) is 36.3. The second-order valence-electron chi connectivity index (χ2n) is 6.11. The highest BCUT2D eigenvalue weighted by atomic mass is 32.2. The van der Waals surface area contributed by atoms with Gasteiger partial charge in [-0.1, -0.05) is 24.3 Å². The van der Waals surface area contributed by atoms with Crippen molar-refractivity contribution in [3.63, 3.8) is 0 Å². The van der Waals surface area contributed by atoms with E-state index in [1.54, 1.807) is 0 Å². The first-order valence-corrected chi connectivity index (χ1v) is 8.91. The number of likely N-dealkylation sites (tertiary alicyclic amines) is 1. The summed E-state index contributed by atoms with van der Waals surface area (Å²) < 4.78 is 24.4. The first-order chi connectivity index (χ1) is 9.14. The Morgan fingerprint density at radius 2 is 1.89 bits per heavy atom.